The number of nitrogens with zero attached hydrogens (tertiary/aromatic N) is 1. The van der Waals surface area contributed by atoms with Crippen molar-refractivity contribution in [3.8, 4) is 0 Å². The molecule has 4 heteroatoms. The van der Waals surface area contributed by atoms with Gasteiger partial charge in [0.05, 0.1) is 13.7 Å². The van der Waals surface area contributed by atoms with E-state index in [2.05, 4.69) is 16.4 Å². The summed E-state index contributed by atoms with van der Waals surface area (Å²) in [4.78, 5) is 13.8. The van der Waals surface area contributed by atoms with Crippen LogP contribution in [0.4, 0.5) is 0 Å². The maximum Gasteiger partial charge on any atom is 0.332 e. The molecular weight excluding hydrogens is 122 g/mol. The van der Waals surface area contributed by atoms with Gasteiger partial charge < -0.3 is 9.84 Å². The van der Waals surface area contributed by atoms with Crippen LogP contribution in [-0.4, -0.2) is 37.6 Å². The van der Waals surface area contributed by atoms with Gasteiger partial charge in [-0.1, -0.05) is 0 Å². The number of aliphatic hydroxyl groups excluding tert-OH is 1. The van der Waals surface area contributed by atoms with Crippen molar-refractivity contribution in [1.29, 1.82) is 0 Å². The van der Waals surface area contributed by atoms with Gasteiger partial charge in [0.25, 0.3) is 0 Å². The van der Waals surface area contributed by atoms with Gasteiger partial charge in [-0.05, 0) is 6.72 Å². The summed E-state index contributed by atoms with van der Waals surface area (Å²) >= 11 is 0. The highest BCUT2D eigenvalue weighted by molar-refractivity contribution is 5.76. The van der Waals surface area contributed by atoms with Gasteiger partial charge in [0.1, 0.15) is 0 Å². The van der Waals surface area contributed by atoms with Crippen molar-refractivity contribution in [2.24, 2.45) is 4.99 Å². The number of carbonyl (C=O) groups is 1. The zero-order chi connectivity index (χ0) is 7.28. The maximum atomic E-state index is 10.5. The fraction of sp³-hybridized carbons (Fsp3) is 0.600. The molecule has 0 aromatic heterocycles. The Labute approximate surface area is 53.2 Å². The summed E-state index contributed by atoms with van der Waals surface area (Å²) in [5, 5.41) is 8.39. The zero-order valence-corrected chi connectivity index (χ0v) is 5.20. The molecule has 52 valence electrons. The molecule has 0 radical (unpaired) electrons. The summed E-state index contributed by atoms with van der Waals surface area (Å²) in [5.41, 5.74) is 0. The highest BCUT2D eigenvalue weighted by Crippen LogP contribution is 1.89. The second-order valence-electron chi connectivity index (χ2n) is 1.40. The van der Waals surface area contributed by atoms with E-state index in [1.54, 1.807) is 0 Å². The van der Waals surface area contributed by atoms with E-state index in [1.165, 1.54) is 7.11 Å². The smallest absolute Gasteiger partial charge is 0.332 e. The molecule has 0 saturated heterocycles. The van der Waals surface area contributed by atoms with Gasteiger partial charge in [-0.25, -0.2) is 4.79 Å². The third kappa shape index (κ3) is 2.23. The van der Waals surface area contributed by atoms with Crippen LogP contribution in [0.15, 0.2) is 4.99 Å². The van der Waals surface area contributed by atoms with E-state index in [0.717, 1.165) is 0 Å². The van der Waals surface area contributed by atoms with Crippen LogP contribution >= 0.6 is 0 Å². The molecule has 0 saturated carbocycles. The first-order valence-electron chi connectivity index (χ1n) is 2.40. The van der Waals surface area contributed by atoms with Crippen molar-refractivity contribution in [2.45, 2.75) is 6.04 Å². The van der Waals surface area contributed by atoms with Gasteiger partial charge in [0, 0.05) is 0 Å². The predicted molar refractivity (Wildman–Crippen MR) is 32.4 cm³/mol. The van der Waals surface area contributed by atoms with Crippen LogP contribution in [0.1, 0.15) is 0 Å². The van der Waals surface area contributed by atoms with Crippen molar-refractivity contribution in [2.75, 3.05) is 13.7 Å². The molecule has 0 rings (SSSR count). The molecule has 0 bridgehead atoms. The van der Waals surface area contributed by atoms with Crippen molar-refractivity contribution in [3.05, 3.63) is 0 Å². The minimum absolute atomic E-state index is 0.351. The lowest BCUT2D eigenvalue weighted by Crippen LogP contribution is -2.23. The number of esters is 1. The number of methoxy groups -OCH3 is 1. The molecule has 0 spiro atoms. The number of hydrogen-bond donors (Lipinski definition) is 1. The van der Waals surface area contributed by atoms with Gasteiger partial charge in [-0.3, -0.25) is 4.99 Å². The quantitative estimate of drug-likeness (QED) is 0.404. The Bertz CT molecular complexity index is 113. The molecule has 1 N–H and O–H groups in total. The standard InChI is InChI=1S/C5H9NO3/c1-6-4(3-7)5(8)9-2/h4,7H,1,3H2,2H3. The average molecular weight is 131 g/mol. The number of hydrogen-bond acceptors (Lipinski definition) is 4. The van der Waals surface area contributed by atoms with Gasteiger partial charge >= 0.3 is 5.97 Å². The molecule has 0 aromatic rings. The van der Waals surface area contributed by atoms with Gasteiger partial charge in [-0.2, -0.15) is 0 Å². The number of aliphatic imine (C=N–C) groups is 1. The summed E-state index contributed by atoms with van der Waals surface area (Å²) in [6.07, 6.45) is 0. The van der Waals surface area contributed by atoms with E-state index < -0.39 is 12.0 Å². The summed E-state index contributed by atoms with van der Waals surface area (Å²) in [5.74, 6) is -0.563. The third-order valence-corrected chi connectivity index (χ3v) is 0.867. The van der Waals surface area contributed by atoms with E-state index in [1.807, 2.05) is 0 Å². The second-order valence-corrected chi connectivity index (χ2v) is 1.40. The van der Waals surface area contributed by atoms with E-state index in [4.69, 9.17) is 5.11 Å². The summed E-state index contributed by atoms with van der Waals surface area (Å²) in [6.45, 7) is 2.74. The van der Waals surface area contributed by atoms with Crippen LogP contribution in [0.25, 0.3) is 0 Å². The molecule has 0 aliphatic rings. The number of rotatable bonds is 3. The van der Waals surface area contributed by atoms with E-state index in [0.29, 0.717) is 0 Å². The monoisotopic (exact) mass is 131 g/mol. The third-order valence-electron chi connectivity index (χ3n) is 0.867. The normalized spacial score (nSPS) is 12.2. The molecule has 0 heterocycles. The average Bonchev–Trinajstić information content (AvgIpc) is 1.90. The number of carbonyl (C=O) groups excluding carboxylic acids is 1. The van der Waals surface area contributed by atoms with Crippen LogP contribution in [0.3, 0.4) is 0 Å². The Kier molecular flexibility index (Phi) is 3.62. The number of ether oxygens (including phenoxy) is 1. The minimum atomic E-state index is -0.824. The van der Waals surface area contributed by atoms with Crippen LogP contribution in [0.5, 0.6) is 0 Å². The lowest BCUT2D eigenvalue weighted by Gasteiger charge is -2.03. The maximum absolute atomic E-state index is 10.5. The minimum Gasteiger partial charge on any atom is -0.467 e. The molecule has 0 aliphatic heterocycles. The Hall–Kier alpha value is -0.900. The Balaban J connectivity index is 3.78. The van der Waals surface area contributed by atoms with Crippen LogP contribution in [0.2, 0.25) is 0 Å². The molecule has 0 aromatic carbocycles. The van der Waals surface area contributed by atoms with Crippen LogP contribution in [0, 0.1) is 0 Å². The fourth-order valence-electron chi connectivity index (χ4n) is 0.343. The summed E-state index contributed by atoms with van der Waals surface area (Å²) in [6, 6.07) is -0.824. The van der Waals surface area contributed by atoms with E-state index in [-0.39, 0.29) is 6.61 Å². The Morgan fingerprint density at radius 2 is 2.56 bits per heavy atom. The molecule has 0 fully saturated rings. The predicted octanol–water partition coefficient (Wildman–Crippen LogP) is -0.779. The summed E-state index contributed by atoms with van der Waals surface area (Å²) in [7, 11) is 1.23. The Morgan fingerprint density at radius 1 is 2.00 bits per heavy atom. The van der Waals surface area contributed by atoms with Crippen molar-refractivity contribution < 1.29 is 14.6 Å². The fourth-order valence-corrected chi connectivity index (χ4v) is 0.343. The van der Waals surface area contributed by atoms with Gasteiger partial charge in [-0.15, -0.1) is 0 Å². The Morgan fingerprint density at radius 3 is 2.67 bits per heavy atom. The summed E-state index contributed by atoms with van der Waals surface area (Å²) < 4.78 is 4.26. The first-order valence-corrected chi connectivity index (χ1v) is 2.40. The lowest BCUT2D eigenvalue weighted by molar-refractivity contribution is -0.142. The first kappa shape index (κ1) is 8.10. The SMILES string of the molecule is C=NC(CO)C(=O)OC. The molecular formula is C5H9NO3. The lowest BCUT2D eigenvalue weighted by atomic mass is 10.3. The van der Waals surface area contributed by atoms with Crippen molar-refractivity contribution in [3.63, 3.8) is 0 Å². The zero-order valence-electron chi connectivity index (χ0n) is 5.20. The number of aliphatic hydroxyl groups is 1. The molecule has 0 amide bonds. The molecule has 0 aliphatic carbocycles. The van der Waals surface area contributed by atoms with Gasteiger partial charge in [0.2, 0.25) is 0 Å². The largest absolute Gasteiger partial charge is 0.467 e. The molecule has 4 nitrogen and oxygen atoms in total. The highest BCUT2D eigenvalue weighted by Gasteiger charge is 2.13. The highest BCUT2D eigenvalue weighted by atomic mass is 16.5. The van der Waals surface area contributed by atoms with Crippen molar-refractivity contribution in [1.82, 2.24) is 0 Å². The van der Waals surface area contributed by atoms with E-state index in [9.17, 15) is 4.79 Å². The van der Waals surface area contributed by atoms with Gasteiger partial charge in [0.15, 0.2) is 6.04 Å². The first-order chi connectivity index (χ1) is 4.26. The molecule has 1 atom stereocenters. The topological polar surface area (TPSA) is 58.9 Å². The van der Waals surface area contributed by atoms with Crippen LogP contribution < -0.4 is 0 Å². The molecule has 9 heavy (non-hydrogen) atoms. The molecule has 1 unspecified atom stereocenters. The van der Waals surface area contributed by atoms with Crippen LogP contribution in [-0.2, 0) is 9.53 Å². The second kappa shape index (κ2) is 4.03. The van der Waals surface area contributed by atoms with Crippen molar-refractivity contribution >= 4 is 12.7 Å². The van der Waals surface area contributed by atoms with E-state index >= 15 is 0 Å².